The van der Waals surface area contributed by atoms with Crippen molar-refractivity contribution in [3.05, 3.63) is 35.9 Å². The van der Waals surface area contributed by atoms with Crippen LogP contribution in [0.25, 0.3) is 0 Å². The van der Waals surface area contributed by atoms with E-state index in [0.717, 1.165) is 11.8 Å². The third-order valence-corrected chi connectivity index (χ3v) is 6.50. The molecule has 1 rings (SSSR count). The smallest absolute Gasteiger partial charge is 0.317 e. The molecule has 0 saturated heterocycles. The van der Waals surface area contributed by atoms with Crippen molar-refractivity contribution in [2.45, 2.75) is 70.2 Å². The number of carboxylic acid groups (broad SMARTS) is 1. The van der Waals surface area contributed by atoms with E-state index in [9.17, 15) is 28.8 Å². The van der Waals surface area contributed by atoms with Gasteiger partial charge in [0.15, 0.2) is 0 Å². The molecule has 2 atom stereocenters. The molecule has 0 bridgehead atoms. The maximum Gasteiger partial charge on any atom is 0.317 e. The Morgan fingerprint density at radius 1 is 0.932 bits per heavy atom. The van der Waals surface area contributed by atoms with E-state index in [1.165, 1.54) is 0 Å². The number of imide groups is 1. The van der Waals surface area contributed by atoms with Crippen molar-refractivity contribution in [3.63, 3.8) is 0 Å². The van der Waals surface area contributed by atoms with Gasteiger partial charge in [0.05, 0.1) is 37.0 Å². The number of carbonyl (C=O) groups excluding carboxylic acids is 5. The van der Waals surface area contributed by atoms with Crippen LogP contribution in [-0.2, 0) is 44.7 Å². The summed E-state index contributed by atoms with van der Waals surface area (Å²) in [6.45, 7) is 8.53. The highest BCUT2D eigenvalue weighted by Crippen LogP contribution is 2.17. The van der Waals surface area contributed by atoms with Gasteiger partial charge in [0.25, 0.3) is 0 Å². The molecular weight excluding hydrogens is 574 g/mol. The monoisotopic (exact) mass is 621 g/mol. The van der Waals surface area contributed by atoms with E-state index < -0.39 is 41.7 Å². The molecule has 1 aromatic carbocycles. The zero-order valence-electron chi connectivity index (χ0n) is 26.0. The Labute approximate surface area is 258 Å². The van der Waals surface area contributed by atoms with Crippen LogP contribution >= 0.6 is 0 Å². The van der Waals surface area contributed by atoms with Crippen molar-refractivity contribution >= 4 is 36.9 Å². The van der Waals surface area contributed by atoms with Crippen LogP contribution in [0.5, 0.6) is 0 Å². The molecular formula is C30H47N5O9. The SMILES string of the molecule is CC(C)(CCOC(C)(C)CNCCC(=O)NC(C=O)Cc1ccccc1)OCCNC(=O)C(CNCC(=O)O)N(C=O)C=O. The molecule has 14 heteroatoms. The number of nitrogens with one attached hydrogen (secondary N) is 4. The summed E-state index contributed by atoms with van der Waals surface area (Å²) in [5, 5.41) is 19.8. The van der Waals surface area contributed by atoms with Gasteiger partial charge in [-0.3, -0.25) is 28.9 Å². The molecule has 0 aliphatic heterocycles. The van der Waals surface area contributed by atoms with Crippen LogP contribution in [0, 0.1) is 0 Å². The number of aldehydes is 1. The topological polar surface area (TPSA) is 192 Å². The van der Waals surface area contributed by atoms with Gasteiger partial charge in [-0.05, 0) is 46.1 Å². The lowest BCUT2D eigenvalue weighted by atomic mass is 10.1. The Hall–Kier alpha value is -3.72. The number of amides is 4. The number of hydrogen-bond donors (Lipinski definition) is 5. The highest BCUT2D eigenvalue weighted by Gasteiger charge is 2.26. The molecule has 0 aromatic heterocycles. The molecule has 0 spiro atoms. The second-order valence-electron chi connectivity index (χ2n) is 11.4. The van der Waals surface area contributed by atoms with Crippen molar-refractivity contribution in [2.75, 3.05) is 45.9 Å². The van der Waals surface area contributed by atoms with Crippen molar-refractivity contribution < 1.29 is 43.3 Å². The summed E-state index contributed by atoms with van der Waals surface area (Å²) in [6.07, 6.45) is 2.35. The molecule has 0 fully saturated rings. The van der Waals surface area contributed by atoms with Crippen LogP contribution in [0.1, 0.15) is 46.1 Å². The zero-order chi connectivity index (χ0) is 33.0. The molecule has 5 N–H and O–H groups in total. The highest BCUT2D eigenvalue weighted by atomic mass is 16.5. The molecule has 0 radical (unpaired) electrons. The average molecular weight is 622 g/mol. The first-order valence-corrected chi connectivity index (χ1v) is 14.5. The Kier molecular flexibility index (Phi) is 17.7. The van der Waals surface area contributed by atoms with Crippen LogP contribution < -0.4 is 21.3 Å². The van der Waals surface area contributed by atoms with Gasteiger partial charge in [0.2, 0.25) is 24.6 Å². The number of benzene rings is 1. The van der Waals surface area contributed by atoms with Gasteiger partial charge in [0, 0.05) is 32.6 Å². The van der Waals surface area contributed by atoms with Crippen LogP contribution in [0.15, 0.2) is 30.3 Å². The fraction of sp³-hybridized carbons (Fsp3) is 0.600. The van der Waals surface area contributed by atoms with Crippen molar-refractivity contribution in [1.82, 2.24) is 26.2 Å². The number of rotatable bonds is 25. The first-order valence-electron chi connectivity index (χ1n) is 14.5. The van der Waals surface area contributed by atoms with E-state index in [4.69, 9.17) is 14.6 Å². The first-order chi connectivity index (χ1) is 20.8. The predicted octanol–water partition coefficient (Wildman–Crippen LogP) is -0.353. The molecule has 0 heterocycles. The van der Waals surface area contributed by atoms with E-state index in [-0.39, 0.29) is 44.8 Å². The lowest BCUT2D eigenvalue weighted by Crippen LogP contribution is -2.52. The second-order valence-corrected chi connectivity index (χ2v) is 11.4. The van der Waals surface area contributed by atoms with E-state index >= 15 is 0 Å². The predicted molar refractivity (Wildman–Crippen MR) is 162 cm³/mol. The highest BCUT2D eigenvalue weighted by molar-refractivity contribution is 5.88. The maximum absolute atomic E-state index is 12.5. The van der Waals surface area contributed by atoms with Gasteiger partial charge < -0.3 is 40.6 Å². The number of carbonyl (C=O) groups is 6. The second kappa shape index (κ2) is 20.3. The van der Waals surface area contributed by atoms with Gasteiger partial charge in [0.1, 0.15) is 12.3 Å². The molecule has 2 unspecified atom stereocenters. The van der Waals surface area contributed by atoms with E-state index in [0.29, 0.717) is 37.4 Å². The number of ether oxygens (including phenoxy) is 2. The molecule has 0 aliphatic rings. The fourth-order valence-corrected chi connectivity index (χ4v) is 4.01. The lowest BCUT2D eigenvalue weighted by Gasteiger charge is -2.30. The van der Waals surface area contributed by atoms with Gasteiger partial charge >= 0.3 is 5.97 Å². The molecule has 1 aromatic rings. The van der Waals surface area contributed by atoms with E-state index in [2.05, 4.69) is 21.3 Å². The number of nitrogens with zero attached hydrogens (tertiary/aromatic N) is 1. The minimum absolute atomic E-state index is 0.104. The van der Waals surface area contributed by atoms with Gasteiger partial charge in [-0.25, -0.2) is 0 Å². The number of carboxylic acids is 1. The fourth-order valence-electron chi connectivity index (χ4n) is 4.01. The normalized spacial score (nSPS) is 12.9. The van der Waals surface area contributed by atoms with Crippen molar-refractivity contribution in [1.29, 1.82) is 0 Å². The number of aliphatic carboxylic acids is 1. The molecule has 4 amide bonds. The van der Waals surface area contributed by atoms with E-state index in [1.54, 1.807) is 0 Å². The molecule has 246 valence electrons. The summed E-state index contributed by atoms with van der Waals surface area (Å²) in [5.74, 6) is -1.99. The largest absolute Gasteiger partial charge is 0.480 e. The molecule has 44 heavy (non-hydrogen) atoms. The summed E-state index contributed by atoms with van der Waals surface area (Å²) in [7, 11) is 0. The summed E-state index contributed by atoms with van der Waals surface area (Å²) in [4.78, 5) is 69.7. The van der Waals surface area contributed by atoms with Crippen molar-refractivity contribution in [3.8, 4) is 0 Å². The molecule has 14 nitrogen and oxygen atoms in total. The third-order valence-electron chi connectivity index (χ3n) is 6.50. The first kappa shape index (κ1) is 38.3. The summed E-state index contributed by atoms with van der Waals surface area (Å²) in [5.41, 5.74) is -0.134. The summed E-state index contributed by atoms with van der Waals surface area (Å²) < 4.78 is 11.9. The lowest BCUT2D eigenvalue weighted by molar-refractivity contribution is -0.140. The third kappa shape index (κ3) is 16.8. The van der Waals surface area contributed by atoms with Gasteiger partial charge in [-0.2, -0.15) is 0 Å². The van der Waals surface area contributed by atoms with Crippen LogP contribution in [-0.4, -0.2) is 116 Å². The molecule has 0 aliphatic carbocycles. The van der Waals surface area contributed by atoms with Crippen molar-refractivity contribution in [2.24, 2.45) is 0 Å². The quantitative estimate of drug-likeness (QED) is 0.0708. The average Bonchev–Trinajstić information content (AvgIpc) is 2.97. The van der Waals surface area contributed by atoms with Gasteiger partial charge in [-0.1, -0.05) is 30.3 Å². The summed E-state index contributed by atoms with van der Waals surface area (Å²) >= 11 is 0. The Morgan fingerprint density at radius 3 is 2.20 bits per heavy atom. The summed E-state index contributed by atoms with van der Waals surface area (Å²) in [6, 6.07) is 7.70. The Bertz CT molecular complexity index is 1040. The van der Waals surface area contributed by atoms with Gasteiger partial charge in [-0.15, -0.1) is 0 Å². The molecule has 0 saturated carbocycles. The van der Waals surface area contributed by atoms with Crippen LogP contribution in [0.2, 0.25) is 0 Å². The maximum atomic E-state index is 12.5. The Balaban J connectivity index is 2.32. The van der Waals surface area contributed by atoms with Crippen LogP contribution in [0.4, 0.5) is 0 Å². The van der Waals surface area contributed by atoms with Crippen LogP contribution in [0.3, 0.4) is 0 Å². The number of hydrogen-bond acceptors (Lipinski definition) is 10. The zero-order valence-corrected chi connectivity index (χ0v) is 26.0. The Morgan fingerprint density at radius 2 is 1.59 bits per heavy atom. The minimum atomic E-state index is -1.20. The van der Waals surface area contributed by atoms with E-state index in [1.807, 2.05) is 58.0 Å². The standard InChI is InChI=1S/C30H47N5O9/c1-29(2,44-15-13-33-28(42)25(35(21-37)22-38)17-32-18-27(40)41)11-14-43-30(3,4)20-31-12-10-26(39)34-24(19-36)16-23-8-6-5-7-9-23/h5-9,19,21-22,24-25,31-32H,10-18,20H2,1-4H3,(H,33,42)(H,34,39)(H,40,41). The minimum Gasteiger partial charge on any atom is -0.480 e.